The van der Waals surface area contributed by atoms with Crippen molar-refractivity contribution in [3.8, 4) is 0 Å². The first-order valence-electron chi connectivity index (χ1n) is 9.88. The van der Waals surface area contributed by atoms with E-state index in [1.165, 1.54) is 12.8 Å². The summed E-state index contributed by atoms with van der Waals surface area (Å²) in [5, 5.41) is 7.55. The van der Waals surface area contributed by atoms with E-state index in [4.69, 9.17) is 4.74 Å². The summed E-state index contributed by atoms with van der Waals surface area (Å²) in [6.45, 7) is 4.77. The lowest BCUT2D eigenvalue weighted by atomic mass is 9.98. The van der Waals surface area contributed by atoms with Crippen LogP contribution in [-0.2, 0) is 16.1 Å². The summed E-state index contributed by atoms with van der Waals surface area (Å²) in [6, 6.07) is 2.91. The molecule has 2 aliphatic heterocycles. The SMILES string of the molecule is O=C(CCCn1cccn1)NC1CN(C2CCOCC2)CC1C1CC1. The summed E-state index contributed by atoms with van der Waals surface area (Å²) in [5.41, 5.74) is 0. The number of likely N-dealkylation sites (tertiary alicyclic amines) is 1. The lowest BCUT2D eigenvalue weighted by Crippen LogP contribution is -2.43. The molecule has 1 aromatic heterocycles. The topological polar surface area (TPSA) is 59.4 Å². The second kappa shape index (κ2) is 7.87. The van der Waals surface area contributed by atoms with Crippen molar-refractivity contribution in [2.24, 2.45) is 11.8 Å². The minimum atomic E-state index is 0.205. The largest absolute Gasteiger partial charge is 0.381 e. The Balaban J connectivity index is 1.26. The van der Waals surface area contributed by atoms with E-state index in [0.717, 1.165) is 58.0 Å². The molecule has 3 heterocycles. The maximum absolute atomic E-state index is 12.4. The Hall–Kier alpha value is -1.40. The highest BCUT2D eigenvalue weighted by atomic mass is 16.5. The zero-order valence-corrected chi connectivity index (χ0v) is 15.0. The van der Waals surface area contributed by atoms with E-state index in [1.54, 1.807) is 6.20 Å². The van der Waals surface area contributed by atoms with Crippen molar-refractivity contribution in [2.75, 3.05) is 26.3 Å². The van der Waals surface area contributed by atoms with E-state index in [9.17, 15) is 4.79 Å². The van der Waals surface area contributed by atoms with Crippen LogP contribution in [0.4, 0.5) is 0 Å². The van der Waals surface area contributed by atoms with Gasteiger partial charge in [0, 0.05) is 63.7 Å². The van der Waals surface area contributed by atoms with Crippen molar-refractivity contribution in [1.29, 1.82) is 0 Å². The number of aryl methyl sites for hydroxylation is 1. The van der Waals surface area contributed by atoms with Crippen molar-refractivity contribution < 1.29 is 9.53 Å². The van der Waals surface area contributed by atoms with Crippen LogP contribution in [0.15, 0.2) is 18.5 Å². The van der Waals surface area contributed by atoms with Gasteiger partial charge in [0.1, 0.15) is 0 Å². The second-order valence-corrected chi connectivity index (χ2v) is 7.85. The van der Waals surface area contributed by atoms with Crippen LogP contribution in [0.25, 0.3) is 0 Å². The molecule has 0 aromatic carbocycles. The van der Waals surface area contributed by atoms with Gasteiger partial charge in [-0.1, -0.05) is 0 Å². The molecular formula is C19H30N4O2. The van der Waals surface area contributed by atoms with Crippen LogP contribution in [0.1, 0.15) is 38.5 Å². The number of hydrogen-bond donors (Lipinski definition) is 1. The lowest BCUT2D eigenvalue weighted by Gasteiger charge is -2.31. The Kier molecular flexibility index (Phi) is 5.36. The molecule has 4 rings (SSSR count). The summed E-state index contributed by atoms with van der Waals surface area (Å²) in [4.78, 5) is 15.0. The van der Waals surface area contributed by atoms with E-state index >= 15 is 0 Å². The number of aromatic nitrogens is 2. The monoisotopic (exact) mass is 346 g/mol. The molecule has 2 saturated heterocycles. The van der Waals surface area contributed by atoms with E-state index in [0.29, 0.717) is 24.4 Å². The standard InChI is InChI=1S/C19H30N4O2/c24-19(3-1-9-23-10-2-8-20-23)21-18-14-22(13-17(18)15-4-5-15)16-6-11-25-12-7-16/h2,8,10,15-18H,1,3-7,9,11-14H2,(H,21,24). The zero-order chi connectivity index (χ0) is 17.1. The van der Waals surface area contributed by atoms with Crippen LogP contribution in [0.3, 0.4) is 0 Å². The van der Waals surface area contributed by atoms with Gasteiger partial charge in [-0.05, 0) is 50.0 Å². The maximum atomic E-state index is 12.4. The van der Waals surface area contributed by atoms with Gasteiger partial charge in [-0.2, -0.15) is 5.10 Å². The van der Waals surface area contributed by atoms with Gasteiger partial charge >= 0.3 is 0 Å². The van der Waals surface area contributed by atoms with E-state index in [-0.39, 0.29) is 5.91 Å². The van der Waals surface area contributed by atoms with Gasteiger partial charge < -0.3 is 10.1 Å². The molecular weight excluding hydrogens is 316 g/mol. The number of amides is 1. The van der Waals surface area contributed by atoms with Gasteiger partial charge in [-0.25, -0.2) is 0 Å². The van der Waals surface area contributed by atoms with E-state index < -0.39 is 0 Å². The smallest absolute Gasteiger partial charge is 0.220 e. The van der Waals surface area contributed by atoms with Crippen molar-refractivity contribution in [3.05, 3.63) is 18.5 Å². The number of nitrogens with zero attached hydrogens (tertiary/aromatic N) is 3. The first kappa shape index (κ1) is 17.0. The fraction of sp³-hybridized carbons (Fsp3) is 0.789. The van der Waals surface area contributed by atoms with Crippen LogP contribution in [0.2, 0.25) is 0 Å². The minimum absolute atomic E-state index is 0.205. The highest BCUT2D eigenvalue weighted by Gasteiger charge is 2.44. The number of rotatable bonds is 7. The molecule has 0 spiro atoms. The molecule has 1 amide bonds. The highest BCUT2D eigenvalue weighted by Crippen LogP contribution is 2.42. The molecule has 1 N–H and O–H groups in total. The molecule has 1 aliphatic carbocycles. The maximum Gasteiger partial charge on any atom is 0.220 e. The number of carbonyl (C=O) groups excluding carboxylic acids is 1. The average molecular weight is 346 g/mol. The molecule has 6 nitrogen and oxygen atoms in total. The van der Waals surface area contributed by atoms with Gasteiger partial charge in [-0.3, -0.25) is 14.4 Å². The fourth-order valence-electron chi connectivity index (χ4n) is 4.48. The van der Waals surface area contributed by atoms with Crippen molar-refractivity contribution in [1.82, 2.24) is 20.0 Å². The predicted molar refractivity (Wildman–Crippen MR) is 95.0 cm³/mol. The summed E-state index contributed by atoms with van der Waals surface area (Å²) >= 11 is 0. The molecule has 2 atom stereocenters. The number of nitrogens with one attached hydrogen (secondary N) is 1. The fourth-order valence-corrected chi connectivity index (χ4v) is 4.48. The minimum Gasteiger partial charge on any atom is -0.381 e. The van der Waals surface area contributed by atoms with Gasteiger partial charge in [0.25, 0.3) is 0 Å². The van der Waals surface area contributed by atoms with Crippen molar-refractivity contribution in [2.45, 2.75) is 57.2 Å². The molecule has 3 fully saturated rings. The Bertz CT molecular complexity index is 552. The second-order valence-electron chi connectivity index (χ2n) is 7.85. The quantitative estimate of drug-likeness (QED) is 0.816. The molecule has 3 aliphatic rings. The number of hydrogen-bond acceptors (Lipinski definition) is 4. The molecule has 1 saturated carbocycles. The number of ether oxygens (including phenoxy) is 1. The van der Waals surface area contributed by atoms with Crippen LogP contribution >= 0.6 is 0 Å². The van der Waals surface area contributed by atoms with Gasteiger partial charge in [-0.15, -0.1) is 0 Å². The molecule has 25 heavy (non-hydrogen) atoms. The molecule has 1 aromatic rings. The third-order valence-electron chi connectivity index (χ3n) is 6.02. The van der Waals surface area contributed by atoms with Crippen LogP contribution in [0, 0.1) is 11.8 Å². The Morgan fingerprint density at radius 1 is 1.20 bits per heavy atom. The first-order chi connectivity index (χ1) is 12.3. The van der Waals surface area contributed by atoms with Gasteiger partial charge in [0.2, 0.25) is 5.91 Å². The average Bonchev–Trinajstić information content (AvgIpc) is 3.17. The highest BCUT2D eigenvalue weighted by molar-refractivity contribution is 5.76. The van der Waals surface area contributed by atoms with Crippen LogP contribution in [0.5, 0.6) is 0 Å². The van der Waals surface area contributed by atoms with E-state index in [2.05, 4.69) is 15.3 Å². The van der Waals surface area contributed by atoms with Crippen molar-refractivity contribution >= 4 is 5.91 Å². The Morgan fingerprint density at radius 3 is 2.76 bits per heavy atom. The van der Waals surface area contributed by atoms with Gasteiger partial charge in [0.05, 0.1) is 0 Å². The van der Waals surface area contributed by atoms with Crippen LogP contribution < -0.4 is 5.32 Å². The summed E-state index contributed by atoms with van der Waals surface area (Å²) in [6.07, 6.45) is 10.1. The van der Waals surface area contributed by atoms with Crippen molar-refractivity contribution in [3.63, 3.8) is 0 Å². The third-order valence-corrected chi connectivity index (χ3v) is 6.02. The third kappa shape index (κ3) is 4.42. The normalized spacial score (nSPS) is 28.3. The molecule has 138 valence electrons. The Morgan fingerprint density at radius 2 is 2.04 bits per heavy atom. The predicted octanol–water partition coefficient (Wildman–Crippen LogP) is 1.67. The first-order valence-corrected chi connectivity index (χ1v) is 9.88. The van der Waals surface area contributed by atoms with Crippen LogP contribution in [-0.4, -0.2) is 59.0 Å². The Labute approximate surface area is 149 Å². The summed E-state index contributed by atoms with van der Waals surface area (Å²) in [7, 11) is 0. The molecule has 6 heteroatoms. The molecule has 2 unspecified atom stereocenters. The number of carbonyl (C=O) groups is 1. The zero-order valence-electron chi connectivity index (χ0n) is 15.0. The lowest BCUT2D eigenvalue weighted by molar-refractivity contribution is -0.122. The molecule has 0 radical (unpaired) electrons. The summed E-state index contributed by atoms with van der Waals surface area (Å²) < 4.78 is 7.40. The van der Waals surface area contributed by atoms with Gasteiger partial charge in [0.15, 0.2) is 0 Å². The summed E-state index contributed by atoms with van der Waals surface area (Å²) in [5.74, 6) is 1.69. The van der Waals surface area contributed by atoms with E-state index in [1.807, 2.05) is 16.9 Å². The molecule has 0 bridgehead atoms.